The van der Waals surface area contributed by atoms with Gasteiger partial charge >= 0.3 is 0 Å². The van der Waals surface area contributed by atoms with Crippen LogP contribution in [0.5, 0.6) is 0 Å². The lowest BCUT2D eigenvalue weighted by Gasteiger charge is -2.19. The Labute approximate surface area is 127 Å². The van der Waals surface area contributed by atoms with Gasteiger partial charge < -0.3 is 0 Å². The molecule has 2 rings (SSSR count). The van der Waals surface area contributed by atoms with Crippen molar-refractivity contribution in [2.45, 2.75) is 25.8 Å². The Morgan fingerprint density at radius 2 is 1.41 bits per heavy atom. The molecular weight excluding hydrogens is 332 g/mol. The summed E-state index contributed by atoms with van der Waals surface area (Å²) in [5.41, 5.74) is 0. The molecule has 0 aromatic heterocycles. The van der Waals surface area contributed by atoms with Crippen molar-refractivity contribution in [2.75, 3.05) is 11.5 Å². The number of hydrogen-bond donors (Lipinski definition) is 0. The molecular formula is C9H12O2S6. The van der Waals surface area contributed by atoms with Crippen LogP contribution in [0.4, 0.5) is 0 Å². The minimum Gasteiger partial charge on any atom is -0.288 e. The predicted octanol–water partition coefficient (Wildman–Crippen LogP) is 3.77. The summed E-state index contributed by atoms with van der Waals surface area (Å²) in [6.45, 7) is 3.26. The lowest BCUT2D eigenvalue weighted by Crippen LogP contribution is -2.03. The molecule has 0 bridgehead atoms. The van der Waals surface area contributed by atoms with E-state index < -0.39 is 0 Å². The highest BCUT2D eigenvalue weighted by Gasteiger charge is 2.49. The smallest absolute Gasteiger partial charge is 0.186 e. The van der Waals surface area contributed by atoms with Crippen molar-refractivity contribution in [3.63, 3.8) is 0 Å². The third-order valence-electron chi connectivity index (χ3n) is 1.94. The Morgan fingerprint density at radius 3 is 1.76 bits per heavy atom. The van der Waals surface area contributed by atoms with Gasteiger partial charge in [-0.1, -0.05) is 23.5 Å². The second kappa shape index (κ2) is 6.26. The molecule has 2 heterocycles. The highest BCUT2D eigenvalue weighted by atomic mass is 32.3. The van der Waals surface area contributed by atoms with Gasteiger partial charge in [0.05, 0.1) is 9.16 Å². The van der Waals surface area contributed by atoms with Gasteiger partial charge in [-0.2, -0.15) is 0 Å². The SMILES string of the molecule is CC(=O)S[C@H]1CSC2(SC[C@H](SC(C)=O)S2)S1. The summed E-state index contributed by atoms with van der Waals surface area (Å²) >= 11 is 10.5. The van der Waals surface area contributed by atoms with E-state index >= 15 is 0 Å². The summed E-state index contributed by atoms with van der Waals surface area (Å²) in [6.07, 6.45) is 0. The topological polar surface area (TPSA) is 34.1 Å². The first-order valence-electron chi connectivity index (χ1n) is 4.97. The van der Waals surface area contributed by atoms with Crippen molar-refractivity contribution in [1.29, 1.82) is 0 Å². The van der Waals surface area contributed by atoms with Crippen LogP contribution >= 0.6 is 70.6 Å². The summed E-state index contributed by atoms with van der Waals surface area (Å²) in [4.78, 5) is 22.2. The Kier molecular flexibility index (Phi) is 5.47. The third kappa shape index (κ3) is 4.21. The van der Waals surface area contributed by atoms with Gasteiger partial charge in [0.1, 0.15) is 0 Å². The molecule has 1 spiro atoms. The third-order valence-corrected chi connectivity index (χ3v) is 12.5. The van der Waals surface area contributed by atoms with E-state index in [-0.39, 0.29) is 13.0 Å². The molecule has 17 heavy (non-hydrogen) atoms. The molecule has 0 aromatic carbocycles. The average molecular weight is 345 g/mol. The Morgan fingerprint density at radius 1 is 1.00 bits per heavy atom. The van der Waals surface area contributed by atoms with Gasteiger partial charge in [-0.3, -0.25) is 9.59 Å². The Hall–Kier alpha value is 1.44. The Bertz CT molecular complexity index is 301. The molecule has 8 heteroatoms. The first kappa shape index (κ1) is 14.8. The highest BCUT2D eigenvalue weighted by molar-refractivity contribution is 8.54. The van der Waals surface area contributed by atoms with Crippen LogP contribution in [0.1, 0.15) is 13.8 Å². The van der Waals surface area contributed by atoms with Gasteiger partial charge in [0.2, 0.25) is 0 Å². The van der Waals surface area contributed by atoms with Gasteiger partial charge in [0, 0.05) is 25.4 Å². The largest absolute Gasteiger partial charge is 0.288 e. The quantitative estimate of drug-likeness (QED) is 0.749. The number of carbonyl (C=O) groups is 2. The van der Waals surface area contributed by atoms with E-state index in [4.69, 9.17) is 0 Å². The maximum atomic E-state index is 11.1. The van der Waals surface area contributed by atoms with Gasteiger partial charge in [-0.25, -0.2) is 0 Å². The van der Waals surface area contributed by atoms with E-state index in [2.05, 4.69) is 0 Å². The summed E-state index contributed by atoms with van der Waals surface area (Å²) in [7, 11) is 0. The van der Waals surface area contributed by atoms with Crippen LogP contribution < -0.4 is 0 Å². The maximum absolute atomic E-state index is 11.1. The fourth-order valence-corrected chi connectivity index (χ4v) is 13.5. The van der Waals surface area contributed by atoms with Crippen molar-refractivity contribution < 1.29 is 9.59 Å². The molecule has 2 fully saturated rings. The number of carbonyl (C=O) groups excluding carboxylic acids is 2. The number of thioether (sulfide) groups is 6. The molecule has 0 amide bonds. The first-order chi connectivity index (χ1) is 7.99. The van der Waals surface area contributed by atoms with Gasteiger partial charge in [0.25, 0.3) is 0 Å². The molecule has 0 aliphatic carbocycles. The van der Waals surface area contributed by atoms with Crippen molar-refractivity contribution in [1.82, 2.24) is 0 Å². The first-order valence-corrected chi connectivity index (χ1v) is 10.5. The van der Waals surface area contributed by atoms with Crippen molar-refractivity contribution in [3.8, 4) is 0 Å². The van der Waals surface area contributed by atoms with E-state index in [1.807, 2.05) is 47.0 Å². The molecule has 0 N–H and O–H groups in total. The lowest BCUT2D eigenvalue weighted by molar-refractivity contribution is -0.109. The maximum Gasteiger partial charge on any atom is 0.186 e. The predicted molar refractivity (Wildman–Crippen MR) is 86.9 cm³/mol. The van der Waals surface area contributed by atoms with Crippen LogP contribution in [0, 0.1) is 0 Å². The zero-order chi connectivity index (χ0) is 12.5. The van der Waals surface area contributed by atoms with E-state index in [1.54, 1.807) is 13.8 Å². The molecule has 96 valence electrons. The van der Waals surface area contributed by atoms with Crippen LogP contribution in [-0.2, 0) is 9.59 Å². The summed E-state index contributed by atoms with van der Waals surface area (Å²) < 4.78 is 0.873. The molecule has 2 saturated heterocycles. The molecule has 2 aliphatic heterocycles. The van der Waals surface area contributed by atoms with E-state index in [0.29, 0.717) is 9.16 Å². The lowest BCUT2D eigenvalue weighted by atomic mass is 10.9. The van der Waals surface area contributed by atoms with E-state index in [9.17, 15) is 9.59 Å². The molecule has 0 aromatic rings. The fourth-order valence-electron chi connectivity index (χ4n) is 1.42. The van der Waals surface area contributed by atoms with Gasteiger partial charge in [0.15, 0.2) is 13.0 Å². The van der Waals surface area contributed by atoms with Gasteiger partial charge in [-0.15, -0.1) is 47.0 Å². The van der Waals surface area contributed by atoms with E-state index in [1.165, 1.54) is 23.5 Å². The van der Waals surface area contributed by atoms with Crippen LogP contribution in [0.2, 0.25) is 0 Å². The minimum atomic E-state index is 0.125. The number of rotatable bonds is 2. The zero-order valence-corrected chi connectivity index (χ0v) is 14.2. The summed E-state index contributed by atoms with van der Waals surface area (Å²) in [6, 6.07) is 0. The van der Waals surface area contributed by atoms with Crippen LogP contribution in [0.3, 0.4) is 0 Å². The molecule has 2 aliphatic rings. The Balaban J connectivity index is 1.87. The van der Waals surface area contributed by atoms with E-state index in [0.717, 1.165) is 11.5 Å². The number of hydrogen-bond acceptors (Lipinski definition) is 8. The molecule has 2 nitrogen and oxygen atoms in total. The van der Waals surface area contributed by atoms with Gasteiger partial charge in [-0.05, 0) is 0 Å². The average Bonchev–Trinajstić information content (AvgIpc) is 2.74. The normalized spacial score (nSPS) is 30.9. The molecule has 0 radical (unpaired) electrons. The molecule has 0 unspecified atom stereocenters. The monoisotopic (exact) mass is 344 g/mol. The second-order valence-corrected chi connectivity index (χ2v) is 13.6. The zero-order valence-electron chi connectivity index (χ0n) is 9.33. The fraction of sp³-hybridized carbons (Fsp3) is 0.778. The van der Waals surface area contributed by atoms with Crippen molar-refractivity contribution in [3.05, 3.63) is 0 Å². The van der Waals surface area contributed by atoms with Crippen molar-refractivity contribution in [2.24, 2.45) is 0 Å². The van der Waals surface area contributed by atoms with Crippen LogP contribution in [-0.4, -0.2) is 33.6 Å². The van der Waals surface area contributed by atoms with Crippen LogP contribution in [0.15, 0.2) is 0 Å². The molecule has 0 saturated carbocycles. The second-order valence-electron chi connectivity index (χ2n) is 3.44. The summed E-state index contributed by atoms with van der Waals surface area (Å²) in [5, 5.41) is 0.394. The molecule has 2 atom stereocenters. The summed E-state index contributed by atoms with van der Waals surface area (Å²) in [5.74, 6) is 2.04. The standard InChI is InChI=1S/C9H12O2S6/c1-5(10)14-7-3-12-9(16-7)13-4-8(17-9)15-6(2)11/h7-8H,3-4H2,1-2H3/t7-,8-,9?/m1/s1. The highest BCUT2D eigenvalue weighted by Crippen LogP contribution is 2.69. The van der Waals surface area contributed by atoms with Crippen LogP contribution in [0.25, 0.3) is 0 Å². The van der Waals surface area contributed by atoms with Crippen molar-refractivity contribution >= 4 is 80.8 Å². The minimum absolute atomic E-state index is 0.125.